The number of rotatable bonds is 2. The molecule has 0 saturated heterocycles. The summed E-state index contributed by atoms with van der Waals surface area (Å²) >= 11 is 0. The van der Waals surface area contributed by atoms with Gasteiger partial charge < -0.3 is 50.4 Å². The van der Waals surface area contributed by atoms with Gasteiger partial charge in [-0.25, -0.2) is 13.7 Å². The molecule has 14 rings (SSSR count). The highest BCUT2D eigenvalue weighted by atomic mass is 35.5. The molecule has 3 aliphatic heterocycles. The summed E-state index contributed by atoms with van der Waals surface area (Å²) in [6.07, 6.45) is 4.00. The molecule has 12 nitrogen and oxygen atoms in total. The Morgan fingerprint density at radius 1 is 0.373 bits per heavy atom. The number of fused-ring (bicyclic) bond motifs is 20. The topological polar surface area (TPSA) is 162 Å². The molecule has 4 N–H and O–H groups in total. The number of aromatic nitrogens is 5. The third kappa shape index (κ3) is 9.69. The van der Waals surface area contributed by atoms with E-state index < -0.39 is 36.9 Å². The predicted molar refractivity (Wildman–Crippen MR) is 320 cm³/mol. The average Bonchev–Trinajstić information content (AvgIpc) is 2.53. The van der Waals surface area contributed by atoms with Crippen LogP contribution in [-0.2, 0) is 37.8 Å². The van der Waals surface area contributed by atoms with E-state index in [-0.39, 0.29) is 12.4 Å². The summed E-state index contributed by atoms with van der Waals surface area (Å²) < 4.78 is 59.6. The largest absolute Gasteiger partial charge is 1.00 e. The van der Waals surface area contributed by atoms with Crippen LogP contribution in [0.1, 0.15) is 102 Å². The number of aromatic amines is 4. The molecule has 0 unspecified atom stereocenters. The van der Waals surface area contributed by atoms with E-state index in [0.29, 0.717) is 33.6 Å². The fourth-order valence-corrected chi connectivity index (χ4v) is 14.8. The number of nitrogens with zero attached hydrogens (tertiary/aromatic N) is 2. The maximum atomic E-state index is 15.5. The Morgan fingerprint density at radius 2 is 0.602 bits per heavy atom. The molecular weight excluding hydrogens is 1090 g/mol. The highest BCUT2D eigenvalue weighted by Gasteiger charge is 2.45. The van der Waals surface area contributed by atoms with Crippen LogP contribution in [-0.4, -0.2) is 19.9 Å². The van der Waals surface area contributed by atoms with Crippen molar-refractivity contribution in [2.45, 2.75) is 56.3 Å². The third-order valence-electron chi connectivity index (χ3n) is 16.6. The van der Waals surface area contributed by atoms with Crippen molar-refractivity contribution < 1.29 is 44.2 Å². The van der Waals surface area contributed by atoms with E-state index in [4.69, 9.17) is 23.4 Å². The Hall–Kier alpha value is -8.97. The van der Waals surface area contributed by atoms with Gasteiger partial charge in [0.2, 0.25) is 0 Å². The highest BCUT2D eigenvalue weighted by Crippen LogP contribution is 2.54. The van der Waals surface area contributed by atoms with E-state index >= 15 is 9.13 Å². The first-order chi connectivity index (χ1) is 39.6. The molecule has 0 atom stereocenters. The van der Waals surface area contributed by atoms with Crippen LogP contribution >= 0.6 is 15.2 Å². The van der Waals surface area contributed by atoms with Crippen LogP contribution < -0.4 is 45.7 Å². The molecule has 0 aliphatic carbocycles. The fraction of sp³-hybridized carbons (Fsp3) is 0.147. The molecule has 83 heavy (non-hydrogen) atoms. The number of nitrogens with one attached hydrogen (secondary N) is 4. The van der Waals surface area contributed by atoms with E-state index in [0.717, 1.165) is 67.8 Å². The van der Waals surface area contributed by atoms with Crippen molar-refractivity contribution in [1.82, 2.24) is 19.9 Å². The van der Waals surface area contributed by atoms with Gasteiger partial charge >= 0.3 is 15.2 Å². The first-order valence-corrected chi connectivity index (χ1v) is 30.2. The van der Waals surface area contributed by atoms with Crippen molar-refractivity contribution in [2.75, 3.05) is 0 Å². The van der Waals surface area contributed by atoms with Gasteiger partial charge in [0.15, 0.2) is 12.4 Å². The van der Waals surface area contributed by atoms with Crippen molar-refractivity contribution in [1.29, 1.82) is 5.26 Å². The number of H-pyrrole nitrogens is 4. The molecule has 5 aromatic heterocycles. The molecular formula is C68H61ClN6O6P2. The van der Waals surface area contributed by atoms with Crippen molar-refractivity contribution in [2.24, 2.45) is 7.05 Å². The Balaban J connectivity index is 0.000000601. The first kappa shape index (κ1) is 55.9. The lowest BCUT2D eigenvalue weighted by molar-refractivity contribution is -0.671. The van der Waals surface area contributed by atoms with Crippen LogP contribution in [0.5, 0.6) is 23.0 Å². The Labute approximate surface area is 489 Å². The summed E-state index contributed by atoms with van der Waals surface area (Å²) in [5.41, 5.74) is 7.22. The summed E-state index contributed by atoms with van der Waals surface area (Å²) in [6.45, 7) is 10.2. The van der Waals surface area contributed by atoms with Gasteiger partial charge in [0.05, 0.1) is 38.3 Å². The number of hydrogen-bond acceptors (Lipinski definition) is 7. The molecule has 416 valence electrons. The number of halogens is 1. The Bertz CT molecular complexity index is 3850. The van der Waals surface area contributed by atoms with Crippen LogP contribution in [0.25, 0.3) is 0 Å². The second-order valence-electron chi connectivity index (χ2n) is 21.5. The van der Waals surface area contributed by atoms with Crippen molar-refractivity contribution in [3.63, 3.8) is 0 Å². The lowest BCUT2D eigenvalue weighted by Crippen LogP contribution is -3.00. The zero-order valence-corrected chi connectivity index (χ0v) is 49.2. The van der Waals surface area contributed by atoms with Crippen LogP contribution in [0, 0.1) is 11.3 Å². The van der Waals surface area contributed by atoms with Gasteiger partial charge in [-0.1, -0.05) is 91.0 Å². The van der Waals surface area contributed by atoms with Crippen LogP contribution in [0.2, 0.25) is 0 Å². The molecule has 6 aromatic carbocycles. The minimum absolute atomic E-state index is 0. The Kier molecular flexibility index (Phi) is 14.6. The lowest BCUT2D eigenvalue weighted by Gasteiger charge is -2.34. The monoisotopic (exact) mass is 1150 g/mol. The van der Waals surface area contributed by atoms with Crippen LogP contribution in [0.15, 0.2) is 237 Å². The summed E-state index contributed by atoms with van der Waals surface area (Å²) in [7, 11) is -6.13. The minimum atomic E-state index is -4.07. The maximum Gasteiger partial charge on any atom is 0.462 e. The second kappa shape index (κ2) is 21.7. The average molecular weight is 1160 g/mol. The highest BCUT2D eigenvalue weighted by molar-refractivity contribution is 7.63. The van der Waals surface area contributed by atoms with Gasteiger partial charge in [0.1, 0.15) is 30.0 Å². The molecule has 0 amide bonds. The number of nitriles is 1. The SMILES string of the molecule is CC#N.C[C@]12c3cccc(c3)OP(=O)(c3ccccc3)Oc3cccc(c3)[C@](C)(c3ccc1[nH]3)c1ccc([nH]1)[C@@]1(C)c3cccc(c3)OP(=O)(c3ccccc3)Oc3cccc(c3)[C@](C)(c3ccc1[nH]3)c1ccc2[nH]1.C[n+]1ccccc1.[Cl-]. The standard InChI is InChI=1S/C60H50N4O6P2.C6H8N.C2H3N.ClH/c1-57-39-15-11-19-43(35-39)67-71(65,47-23-7-5-8-24-47)68-44-20-12-16-40(36-44)58(2,50-28-27-49(57)61-50)55-33-34-56(64-55)60(4)42-18-14-22-46(38-42)70-72(66,48-25-9-6-10-26-48)69-45-21-13-17-41(37-45)59(3,51-29-30-52(60)62-51)54-32-31-53(57)63-54;1-7-5-3-2-4-6-7;1-2-3;/h5-38,61-64H,1-4H3;2-6H,1H3;1H3;1H/q;+1;;/p-1/t57-,58+,59+,60-,71?,72?;;;. The number of pyridine rings is 1. The smallest absolute Gasteiger partial charge is 0.462 e. The predicted octanol–water partition coefficient (Wildman–Crippen LogP) is 11.4. The lowest BCUT2D eigenvalue weighted by atomic mass is 9.76. The zero-order valence-electron chi connectivity index (χ0n) is 46.6. The Morgan fingerprint density at radius 3 is 0.819 bits per heavy atom. The van der Waals surface area contributed by atoms with Crippen LogP contribution in [0.3, 0.4) is 0 Å². The van der Waals surface area contributed by atoms with Gasteiger partial charge in [0.25, 0.3) is 0 Å². The summed E-state index contributed by atoms with van der Waals surface area (Å²) in [5, 5.41) is 8.18. The summed E-state index contributed by atoms with van der Waals surface area (Å²) in [5.74, 6) is 1.57. The number of hydrogen-bond donors (Lipinski definition) is 4. The third-order valence-corrected chi connectivity index (χ3v) is 20.3. The summed E-state index contributed by atoms with van der Waals surface area (Å²) in [4.78, 5) is 16.0. The maximum absolute atomic E-state index is 15.5. The molecule has 0 saturated carbocycles. The van der Waals surface area contributed by atoms with E-state index in [9.17, 15) is 0 Å². The van der Waals surface area contributed by atoms with Crippen molar-refractivity contribution >= 4 is 25.8 Å². The van der Waals surface area contributed by atoms with E-state index in [1.54, 1.807) is 30.3 Å². The number of aryl methyl sites for hydroxylation is 1. The molecule has 8 heterocycles. The van der Waals surface area contributed by atoms with Gasteiger partial charge in [0, 0.05) is 64.6 Å². The van der Waals surface area contributed by atoms with Gasteiger partial charge in [-0.3, -0.25) is 0 Å². The number of benzene rings is 6. The van der Waals surface area contributed by atoms with Gasteiger partial charge in [-0.2, -0.15) is 5.26 Å². The summed E-state index contributed by atoms with van der Waals surface area (Å²) in [6, 6.07) is 74.5. The molecule has 0 radical (unpaired) electrons. The van der Waals surface area contributed by atoms with Crippen molar-refractivity contribution in [3.05, 3.63) is 305 Å². The molecule has 20 bridgehead atoms. The molecule has 3 aliphatic rings. The van der Waals surface area contributed by atoms with Crippen LogP contribution in [0.4, 0.5) is 0 Å². The fourth-order valence-electron chi connectivity index (χ4n) is 11.7. The minimum Gasteiger partial charge on any atom is -1.00 e. The second-order valence-corrected chi connectivity index (χ2v) is 25.3. The van der Waals surface area contributed by atoms with Gasteiger partial charge in [-0.15, -0.1) is 0 Å². The quantitative estimate of drug-likeness (QED) is 0.0989. The molecule has 0 fully saturated rings. The van der Waals surface area contributed by atoms with E-state index in [2.05, 4.69) is 120 Å². The van der Waals surface area contributed by atoms with Gasteiger partial charge in [-0.05, 0) is 171 Å². The van der Waals surface area contributed by atoms with Crippen molar-refractivity contribution in [3.8, 4) is 29.1 Å². The first-order valence-electron chi connectivity index (χ1n) is 27.1. The molecule has 15 heteroatoms. The normalized spacial score (nSPS) is 23.2. The molecule has 0 spiro atoms. The van der Waals surface area contributed by atoms with E-state index in [1.807, 2.05) is 151 Å². The van der Waals surface area contributed by atoms with E-state index in [1.165, 1.54) is 6.92 Å². The molecule has 11 aromatic rings. The zero-order chi connectivity index (χ0) is 56.9.